The number of nitrogens with two attached hydrogens (primary N) is 1. The Morgan fingerprint density at radius 2 is 2.00 bits per heavy atom. The second kappa shape index (κ2) is 6.87. The van der Waals surface area contributed by atoms with E-state index in [1.165, 1.54) is 18.2 Å². The quantitative estimate of drug-likeness (QED) is 0.917. The van der Waals surface area contributed by atoms with Crippen molar-refractivity contribution in [1.82, 2.24) is 0 Å². The van der Waals surface area contributed by atoms with Crippen molar-refractivity contribution in [1.29, 1.82) is 5.26 Å². The highest BCUT2D eigenvalue weighted by Gasteiger charge is 2.08. The molecule has 0 aliphatic carbocycles. The first-order valence-electron chi connectivity index (χ1n) is 6.75. The van der Waals surface area contributed by atoms with Gasteiger partial charge in [0.25, 0.3) is 0 Å². The molecule has 3 nitrogen and oxygen atoms in total. The molecule has 21 heavy (non-hydrogen) atoms. The lowest BCUT2D eigenvalue weighted by Gasteiger charge is -2.13. The van der Waals surface area contributed by atoms with Crippen LogP contribution in [0.5, 0.6) is 5.75 Å². The van der Waals surface area contributed by atoms with Crippen LogP contribution in [0, 0.1) is 17.1 Å². The number of para-hydroxylation sites is 1. The molecule has 0 bridgehead atoms. The van der Waals surface area contributed by atoms with Gasteiger partial charge in [-0.2, -0.15) is 5.26 Å². The summed E-state index contributed by atoms with van der Waals surface area (Å²) in [5.41, 5.74) is 7.58. The van der Waals surface area contributed by atoms with E-state index in [0.29, 0.717) is 23.3 Å². The first-order chi connectivity index (χ1) is 10.1. The second-order valence-corrected chi connectivity index (χ2v) is 5.00. The summed E-state index contributed by atoms with van der Waals surface area (Å²) < 4.78 is 19.4. The van der Waals surface area contributed by atoms with E-state index in [-0.39, 0.29) is 18.5 Å². The van der Waals surface area contributed by atoms with Gasteiger partial charge in [0.15, 0.2) is 0 Å². The van der Waals surface area contributed by atoms with Crippen LogP contribution in [0.2, 0.25) is 0 Å². The minimum Gasteiger partial charge on any atom is -0.489 e. The average molecular weight is 284 g/mol. The van der Waals surface area contributed by atoms with E-state index in [0.717, 1.165) is 5.56 Å². The van der Waals surface area contributed by atoms with Gasteiger partial charge in [0, 0.05) is 11.6 Å². The van der Waals surface area contributed by atoms with Crippen molar-refractivity contribution < 1.29 is 9.13 Å². The van der Waals surface area contributed by atoms with E-state index in [4.69, 9.17) is 15.7 Å². The number of nitriles is 1. The number of halogens is 1. The van der Waals surface area contributed by atoms with Crippen LogP contribution in [0.3, 0.4) is 0 Å². The highest BCUT2D eigenvalue weighted by molar-refractivity contribution is 5.36. The monoisotopic (exact) mass is 284 g/mol. The van der Waals surface area contributed by atoms with Gasteiger partial charge in [0.05, 0.1) is 11.6 Å². The van der Waals surface area contributed by atoms with Gasteiger partial charge in [0.1, 0.15) is 18.2 Å². The van der Waals surface area contributed by atoms with Crippen LogP contribution in [-0.2, 0) is 13.0 Å². The Morgan fingerprint density at radius 3 is 2.71 bits per heavy atom. The molecule has 0 aromatic heterocycles. The average Bonchev–Trinajstić information content (AvgIpc) is 2.47. The molecule has 108 valence electrons. The lowest BCUT2D eigenvalue weighted by Crippen LogP contribution is -2.18. The first kappa shape index (κ1) is 15.0. The number of hydrogen-bond acceptors (Lipinski definition) is 3. The van der Waals surface area contributed by atoms with E-state index in [1.54, 1.807) is 0 Å². The van der Waals surface area contributed by atoms with E-state index in [9.17, 15) is 4.39 Å². The second-order valence-electron chi connectivity index (χ2n) is 5.00. The van der Waals surface area contributed by atoms with Gasteiger partial charge in [-0.15, -0.1) is 0 Å². The molecule has 0 fully saturated rings. The maximum absolute atomic E-state index is 13.7. The molecule has 0 saturated heterocycles. The lowest BCUT2D eigenvalue weighted by atomic mass is 10.1. The molecule has 2 aromatic carbocycles. The molecule has 0 saturated carbocycles. The van der Waals surface area contributed by atoms with Crippen molar-refractivity contribution in [2.75, 3.05) is 0 Å². The topological polar surface area (TPSA) is 59.0 Å². The molecule has 2 rings (SSSR count). The Morgan fingerprint density at radius 1 is 1.24 bits per heavy atom. The molecule has 0 heterocycles. The number of hydrogen-bond donors (Lipinski definition) is 1. The van der Waals surface area contributed by atoms with Gasteiger partial charge in [-0.25, -0.2) is 4.39 Å². The summed E-state index contributed by atoms with van der Waals surface area (Å²) in [6.45, 7) is 2.00. The van der Waals surface area contributed by atoms with Crippen LogP contribution in [0.15, 0.2) is 42.5 Å². The molecule has 1 unspecified atom stereocenters. The Kier molecular flexibility index (Phi) is 4.91. The highest BCUT2D eigenvalue weighted by Crippen LogP contribution is 2.21. The lowest BCUT2D eigenvalue weighted by molar-refractivity contribution is 0.296. The fourth-order valence-corrected chi connectivity index (χ4v) is 2.07. The summed E-state index contributed by atoms with van der Waals surface area (Å²) in [7, 11) is 0. The molecule has 2 N–H and O–H groups in total. The molecular weight excluding hydrogens is 267 g/mol. The van der Waals surface area contributed by atoms with Gasteiger partial charge in [-0.05, 0) is 43.2 Å². The van der Waals surface area contributed by atoms with Crippen LogP contribution in [0.1, 0.15) is 23.6 Å². The van der Waals surface area contributed by atoms with E-state index in [2.05, 4.69) is 0 Å². The molecule has 2 aromatic rings. The predicted molar refractivity (Wildman–Crippen MR) is 79.2 cm³/mol. The standard InChI is InChI=1S/C17H17FN2O/c1-12(20)8-14-4-2-3-5-17(14)21-11-15-9-13(10-19)6-7-16(15)18/h2-7,9,12H,8,11,20H2,1H3. The summed E-state index contributed by atoms with van der Waals surface area (Å²) in [6, 6.07) is 13.8. The van der Waals surface area contributed by atoms with Crippen molar-refractivity contribution in [3.05, 3.63) is 65.0 Å². The van der Waals surface area contributed by atoms with Crippen molar-refractivity contribution >= 4 is 0 Å². The zero-order valence-corrected chi connectivity index (χ0v) is 11.8. The van der Waals surface area contributed by atoms with E-state index in [1.807, 2.05) is 37.3 Å². The van der Waals surface area contributed by atoms with Gasteiger partial charge in [-0.1, -0.05) is 18.2 Å². The van der Waals surface area contributed by atoms with Crippen molar-refractivity contribution in [2.45, 2.75) is 26.0 Å². The fraction of sp³-hybridized carbons (Fsp3) is 0.235. The SMILES string of the molecule is CC(N)Cc1ccccc1OCc1cc(C#N)ccc1F. The number of rotatable bonds is 5. The van der Waals surface area contributed by atoms with E-state index >= 15 is 0 Å². The largest absolute Gasteiger partial charge is 0.489 e. The highest BCUT2D eigenvalue weighted by atomic mass is 19.1. The van der Waals surface area contributed by atoms with Gasteiger partial charge < -0.3 is 10.5 Å². The zero-order chi connectivity index (χ0) is 15.2. The Hall–Kier alpha value is -2.38. The van der Waals surface area contributed by atoms with Gasteiger partial charge in [0.2, 0.25) is 0 Å². The summed E-state index contributed by atoms with van der Waals surface area (Å²) in [4.78, 5) is 0. The van der Waals surface area contributed by atoms with Crippen LogP contribution >= 0.6 is 0 Å². The molecule has 0 radical (unpaired) electrons. The molecule has 1 atom stereocenters. The van der Waals surface area contributed by atoms with Crippen molar-refractivity contribution in [3.8, 4) is 11.8 Å². The fourth-order valence-electron chi connectivity index (χ4n) is 2.07. The summed E-state index contributed by atoms with van der Waals surface area (Å²) in [6.07, 6.45) is 0.691. The van der Waals surface area contributed by atoms with Gasteiger partial charge in [-0.3, -0.25) is 0 Å². The molecular formula is C17H17FN2O. The van der Waals surface area contributed by atoms with Crippen LogP contribution in [0.4, 0.5) is 4.39 Å². The van der Waals surface area contributed by atoms with Crippen LogP contribution in [-0.4, -0.2) is 6.04 Å². The zero-order valence-electron chi connectivity index (χ0n) is 11.8. The van der Waals surface area contributed by atoms with Crippen molar-refractivity contribution in [3.63, 3.8) is 0 Å². The van der Waals surface area contributed by atoms with Crippen molar-refractivity contribution in [2.24, 2.45) is 5.73 Å². The third-order valence-electron chi connectivity index (χ3n) is 3.07. The van der Waals surface area contributed by atoms with Crippen LogP contribution < -0.4 is 10.5 Å². The summed E-state index contributed by atoms with van der Waals surface area (Å²) in [5.74, 6) is 0.315. The minimum absolute atomic E-state index is 0.0217. The number of nitrogens with zero attached hydrogens (tertiary/aromatic N) is 1. The molecule has 4 heteroatoms. The molecule has 0 amide bonds. The van der Waals surface area contributed by atoms with Gasteiger partial charge >= 0.3 is 0 Å². The molecule has 0 aliphatic heterocycles. The summed E-state index contributed by atoms with van der Waals surface area (Å²) >= 11 is 0. The normalized spacial score (nSPS) is 11.7. The third kappa shape index (κ3) is 4.04. The molecule has 0 spiro atoms. The predicted octanol–water partition coefficient (Wildman–Crippen LogP) is 3.17. The first-order valence-corrected chi connectivity index (χ1v) is 6.75. The Labute approximate surface area is 123 Å². The maximum atomic E-state index is 13.7. The minimum atomic E-state index is -0.376. The van der Waals surface area contributed by atoms with Crippen LogP contribution in [0.25, 0.3) is 0 Å². The summed E-state index contributed by atoms with van der Waals surface area (Å²) in [5, 5.41) is 8.85. The third-order valence-corrected chi connectivity index (χ3v) is 3.07. The Bertz CT molecular complexity index is 662. The maximum Gasteiger partial charge on any atom is 0.129 e. The molecule has 0 aliphatic rings. The Balaban J connectivity index is 2.15. The number of benzene rings is 2. The smallest absolute Gasteiger partial charge is 0.129 e. The number of ether oxygens (including phenoxy) is 1. The van der Waals surface area contributed by atoms with E-state index < -0.39 is 0 Å².